The Morgan fingerprint density at radius 2 is 2.06 bits per heavy atom. The number of halogens is 2. The number of aromatic nitrogens is 2. The Bertz CT molecular complexity index is 540. The quantitative estimate of drug-likeness (QED) is 0.882. The van der Waals surface area contributed by atoms with Gasteiger partial charge in [0.2, 0.25) is 0 Å². The number of aliphatic hydroxyl groups is 1. The van der Waals surface area contributed by atoms with Crippen molar-refractivity contribution in [3.63, 3.8) is 0 Å². The van der Waals surface area contributed by atoms with Crippen LogP contribution in [0.15, 0.2) is 39.4 Å². The monoisotopic (exact) mass is 372 g/mol. The smallest absolute Gasteiger partial charge is 0.121 e. The summed E-state index contributed by atoms with van der Waals surface area (Å²) in [4.78, 5) is 0. The van der Waals surface area contributed by atoms with E-state index in [1.54, 1.807) is 6.20 Å². The summed E-state index contributed by atoms with van der Waals surface area (Å²) in [5.41, 5.74) is 1.68. The molecule has 1 N–H and O–H groups in total. The zero-order valence-electron chi connectivity index (χ0n) is 9.98. The fraction of sp³-hybridized carbons (Fsp3) is 0.308. The van der Waals surface area contributed by atoms with E-state index in [0.717, 1.165) is 33.2 Å². The Labute approximate surface area is 123 Å². The highest BCUT2D eigenvalue weighted by Crippen LogP contribution is 2.29. The largest absolute Gasteiger partial charge is 0.382 e. The van der Waals surface area contributed by atoms with Gasteiger partial charge in [-0.15, -0.1) is 0 Å². The maximum absolute atomic E-state index is 10.4. The number of benzene rings is 1. The summed E-state index contributed by atoms with van der Waals surface area (Å²) in [5, 5.41) is 14.6. The highest BCUT2D eigenvalue weighted by Gasteiger charge is 2.15. The average Bonchev–Trinajstić information content (AvgIpc) is 2.80. The molecule has 0 aliphatic carbocycles. The lowest BCUT2D eigenvalue weighted by Gasteiger charge is -2.14. The van der Waals surface area contributed by atoms with E-state index >= 15 is 0 Å². The zero-order chi connectivity index (χ0) is 13.1. The fourth-order valence-corrected chi connectivity index (χ4v) is 2.47. The van der Waals surface area contributed by atoms with Crippen molar-refractivity contribution < 1.29 is 5.11 Å². The van der Waals surface area contributed by atoms with Gasteiger partial charge in [0.15, 0.2) is 0 Å². The van der Waals surface area contributed by atoms with Crippen molar-refractivity contribution >= 4 is 31.9 Å². The fourth-order valence-electron chi connectivity index (χ4n) is 1.83. The van der Waals surface area contributed by atoms with Gasteiger partial charge >= 0.3 is 0 Å². The van der Waals surface area contributed by atoms with Crippen LogP contribution < -0.4 is 0 Å². The van der Waals surface area contributed by atoms with Crippen molar-refractivity contribution in [1.82, 2.24) is 9.78 Å². The minimum Gasteiger partial charge on any atom is -0.382 e. The second-order valence-electron chi connectivity index (χ2n) is 4.06. The predicted octanol–water partition coefficient (Wildman–Crippen LogP) is 3.90. The van der Waals surface area contributed by atoms with Crippen molar-refractivity contribution in [3.8, 4) is 0 Å². The summed E-state index contributed by atoms with van der Waals surface area (Å²) in [6.45, 7) is 2.91. The molecule has 18 heavy (non-hydrogen) atoms. The van der Waals surface area contributed by atoms with E-state index in [-0.39, 0.29) is 0 Å². The summed E-state index contributed by atoms with van der Waals surface area (Å²) in [6, 6.07) is 7.60. The van der Waals surface area contributed by atoms with Crippen LogP contribution in [0.3, 0.4) is 0 Å². The van der Waals surface area contributed by atoms with Crippen molar-refractivity contribution in [3.05, 3.63) is 50.7 Å². The number of rotatable bonds is 4. The van der Waals surface area contributed by atoms with E-state index in [1.165, 1.54) is 0 Å². The second-order valence-corrected chi connectivity index (χ2v) is 5.76. The van der Waals surface area contributed by atoms with Crippen LogP contribution in [0.2, 0.25) is 0 Å². The standard InChI is InChI=1S/C13H14Br2N2O/c1-2-7-17-12(5-6-16-17)13(18)9-3-4-10(14)11(15)8-9/h3-6,8,13,18H,2,7H2,1H3. The molecule has 0 amide bonds. The molecule has 96 valence electrons. The van der Waals surface area contributed by atoms with Gasteiger partial charge in [-0.05, 0) is 62.0 Å². The van der Waals surface area contributed by atoms with Gasteiger partial charge in [0.05, 0.1) is 5.69 Å². The van der Waals surface area contributed by atoms with Gasteiger partial charge in [0, 0.05) is 21.7 Å². The lowest BCUT2D eigenvalue weighted by atomic mass is 10.1. The van der Waals surface area contributed by atoms with Gasteiger partial charge in [0.25, 0.3) is 0 Å². The van der Waals surface area contributed by atoms with Gasteiger partial charge in [-0.25, -0.2) is 0 Å². The second kappa shape index (κ2) is 5.99. The Balaban J connectivity index is 2.32. The highest BCUT2D eigenvalue weighted by molar-refractivity contribution is 9.13. The molecule has 1 aromatic heterocycles. The van der Waals surface area contributed by atoms with Crippen LogP contribution in [0.5, 0.6) is 0 Å². The van der Waals surface area contributed by atoms with Gasteiger partial charge < -0.3 is 5.11 Å². The third-order valence-electron chi connectivity index (χ3n) is 2.72. The van der Waals surface area contributed by atoms with Gasteiger partial charge in [-0.1, -0.05) is 13.0 Å². The molecule has 1 unspecified atom stereocenters. The van der Waals surface area contributed by atoms with E-state index in [0.29, 0.717) is 0 Å². The number of aryl methyl sites for hydroxylation is 1. The molecule has 0 radical (unpaired) electrons. The Kier molecular flexibility index (Phi) is 4.59. The van der Waals surface area contributed by atoms with E-state index in [1.807, 2.05) is 28.9 Å². The maximum atomic E-state index is 10.4. The lowest BCUT2D eigenvalue weighted by molar-refractivity contribution is 0.207. The normalized spacial score (nSPS) is 12.7. The minimum atomic E-state index is -0.650. The molecule has 0 saturated heterocycles. The van der Waals surface area contributed by atoms with Crippen molar-refractivity contribution in [2.24, 2.45) is 0 Å². The Morgan fingerprint density at radius 1 is 1.28 bits per heavy atom. The van der Waals surface area contributed by atoms with Crippen molar-refractivity contribution in [2.45, 2.75) is 26.0 Å². The van der Waals surface area contributed by atoms with Crippen molar-refractivity contribution in [1.29, 1.82) is 0 Å². The number of hydrogen-bond donors (Lipinski definition) is 1. The van der Waals surface area contributed by atoms with Crippen LogP contribution >= 0.6 is 31.9 Å². The van der Waals surface area contributed by atoms with Gasteiger partial charge in [-0.2, -0.15) is 5.10 Å². The average molecular weight is 374 g/mol. The van der Waals surface area contributed by atoms with Crippen LogP contribution in [0.25, 0.3) is 0 Å². The predicted molar refractivity (Wildman–Crippen MR) is 78.4 cm³/mol. The Morgan fingerprint density at radius 3 is 2.72 bits per heavy atom. The molecule has 0 aliphatic heterocycles. The van der Waals surface area contributed by atoms with Crippen LogP contribution in [0, 0.1) is 0 Å². The van der Waals surface area contributed by atoms with Gasteiger partial charge in [0.1, 0.15) is 6.10 Å². The maximum Gasteiger partial charge on any atom is 0.121 e. The number of nitrogens with zero attached hydrogens (tertiary/aromatic N) is 2. The zero-order valence-corrected chi connectivity index (χ0v) is 13.1. The van der Waals surface area contributed by atoms with Crippen LogP contribution in [-0.4, -0.2) is 14.9 Å². The third kappa shape index (κ3) is 2.84. The van der Waals surface area contributed by atoms with E-state index in [9.17, 15) is 5.11 Å². The number of aliphatic hydroxyl groups excluding tert-OH is 1. The molecule has 0 spiro atoms. The summed E-state index contributed by atoms with van der Waals surface area (Å²) in [6.07, 6.45) is 2.07. The molecule has 0 bridgehead atoms. The van der Waals surface area contributed by atoms with E-state index < -0.39 is 6.10 Å². The summed E-state index contributed by atoms with van der Waals surface area (Å²) >= 11 is 6.87. The first kappa shape index (κ1) is 13.8. The highest BCUT2D eigenvalue weighted by atomic mass is 79.9. The van der Waals surface area contributed by atoms with Gasteiger partial charge in [-0.3, -0.25) is 4.68 Å². The van der Waals surface area contributed by atoms with Crippen molar-refractivity contribution in [2.75, 3.05) is 0 Å². The molecule has 5 heteroatoms. The SMILES string of the molecule is CCCn1nccc1C(O)c1ccc(Br)c(Br)c1. The lowest BCUT2D eigenvalue weighted by Crippen LogP contribution is -2.10. The molecule has 0 aliphatic rings. The molecular weight excluding hydrogens is 360 g/mol. The molecular formula is C13H14Br2N2O. The molecule has 0 fully saturated rings. The third-order valence-corrected chi connectivity index (χ3v) is 4.60. The molecule has 1 heterocycles. The summed E-state index contributed by atoms with van der Waals surface area (Å²) < 4.78 is 3.75. The number of hydrogen-bond acceptors (Lipinski definition) is 2. The van der Waals surface area contributed by atoms with Crippen LogP contribution in [-0.2, 0) is 6.54 Å². The molecule has 3 nitrogen and oxygen atoms in total. The molecule has 2 rings (SSSR count). The first-order valence-electron chi connectivity index (χ1n) is 5.78. The summed E-state index contributed by atoms with van der Waals surface area (Å²) in [5.74, 6) is 0. The molecule has 0 saturated carbocycles. The Hall–Kier alpha value is -0.650. The topological polar surface area (TPSA) is 38.0 Å². The van der Waals surface area contributed by atoms with Crippen LogP contribution in [0.4, 0.5) is 0 Å². The van der Waals surface area contributed by atoms with E-state index in [2.05, 4.69) is 43.9 Å². The minimum absolute atomic E-state index is 0.650. The van der Waals surface area contributed by atoms with E-state index in [4.69, 9.17) is 0 Å². The molecule has 2 aromatic rings. The first-order valence-corrected chi connectivity index (χ1v) is 7.36. The molecule has 1 atom stereocenters. The first-order chi connectivity index (χ1) is 8.63. The summed E-state index contributed by atoms with van der Waals surface area (Å²) in [7, 11) is 0. The molecule has 1 aromatic carbocycles. The van der Waals surface area contributed by atoms with Crippen LogP contribution in [0.1, 0.15) is 30.7 Å².